The first-order valence-corrected chi connectivity index (χ1v) is 13.5. The van der Waals surface area contributed by atoms with Crippen LogP contribution in [0.3, 0.4) is 0 Å². The second-order valence-electron chi connectivity index (χ2n) is 7.64. The molecule has 0 radical (unpaired) electrons. The molecule has 34 heavy (non-hydrogen) atoms. The highest BCUT2D eigenvalue weighted by atomic mass is 32.2. The lowest BCUT2D eigenvalue weighted by atomic mass is 10.2. The first-order chi connectivity index (χ1) is 16.5. The molecule has 3 N–H and O–H groups in total. The Morgan fingerprint density at radius 2 is 1.38 bits per heavy atom. The zero-order valence-corrected chi connectivity index (χ0v) is 21.6. The molecule has 186 valence electrons. The van der Waals surface area contributed by atoms with Gasteiger partial charge in [0, 0.05) is 49.1 Å². The second-order valence-corrected chi connectivity index (χ2v) is 9.85. The number of primary amides is 1. The number of carbonyl (C=O) groups excluding carboxylic acids is 2. The summed E-state index contributed by atoms with van der Waals surface area (Å²) in [6, 6.07) is 16.0. The van der Waals surface area contributed by atoms with Crippen LogP contribution in [0, 0.1) is 0 Å². The smallest absolute Gasteiger partial charge is 0.234 e. The monoisotopic (exact) mass is 505 g/mol. The molecule has 0 bridgehead atoms. The van der Waals surface area contributed by atoms with Crippen molar-refractivity contribution in [2.45, 2.75) is 17.9 Å². The summed E-state index contributed by atoms with van der Waals surface area (Å²) in [6.07, 6.45) is 0.244. The van der Waals surface area contributed by atoms with Gasteiger partial charge in [-0.2, -0.15) is 23.5 Å². The van der Waals surface area contributed by atoms with Crippen LogP contribution in [0.2, 0.25) is 0 Å². The fourth-order valence-corrected chi connectivity index (χ4v) is 4.86. The number of rotatable bonds is 17. The highest BCUT2D eigenvalue weighted by Gasteiger charge is 2.12. The first kappa shape index (κ1) is 27.9. The standard InChI is InChI=1S/C25H35N3O4S2/c1-31-22-7-3-20(4-8-22)18-33-15-12-27-25(30)17-28(13-11-24(26)29)14-16-34-19-21-5-9-23(32-2)10-6-21/h3-10H,11-19H2,1-2H3,(H2,26,29)(H,27,30). The van der Waals surface area contributed by atoms with Crippen molar-refractivity contribution in [1.29, 1.82) is 0 Å². The molecule has 2 aromatic rings. The average Bonchev–Trinajstić information content (AvgIpc) is 2.85. The molecular formula is C25H35N3O4S2. The molecular weight excluding hydrogens is 470 g/mol. The molecule has 0 saturated heterocycles. The van der Waals surface area contributed by atoms with E-state index in [0.29, 0.717) is 19.6 Å². The van der Waals surface area contributed by atoms with Gasteiger partial charge in [0.25, 0.3) is 0 Å². The number of hydrogen-bond acceptors (Lipinski definition) is 7. The second kappa shape index (κ2) is 16.3. The molecule has 2 rings (SSSR count). The number of benzene rings is 2. The maximum Gasteiger partial charge on any atom is 0.234 e. The summed E-state index contributed by atoms with van der Waals surface area (Å²) in [6.45, 7) is 2.07. The van der Waals surface area contributed by atoms with E-state index >= 15 is 0 Å². The summed E-state index contributed by atoms with van der Waals surface area (Å²) in [4.78, 5) is 25.6. The van der Waals surface area contributed by atoms with Crippen LogP contribution in [0.15, 0.2) is 48.5 Å². The van der Waals surface area contributed by atoms with Gasteiger partial charge in [0.15, 0.2) is 0 Å². The zero-order chi connectivity index (χ0) is 24.6. The minimum absolute atomic E-state index is 0.0327. The number of nitrogens with two attached hydrogens (primary N) is 1. The van der Waals surface area contributed by atoms with E-state index in [4.69, 9.17) is 15.2 Å². The summed E-state index contributed by atoms with van der Waals surface area (Å²) < 4.78 is 10.4. The minimum atomic E-state index is -0.355. The number of thioether (sulfide) groups is 2. The molecule has 0 saturated carbocycles. The highest BCUT2D eigenvalue weighted by molar-refractivity contribution is 7.98. The van der Waals surface area contributed by atoms with Crippen LogP contribution >= 0.6 is 23.5 Å². The quantitative estimate of drug-likeness (QED) is 0.319. The van der Waals surface area contributed by atoms with Crippen LogP contribution in [-0.4, -0.2) is 68.6 Å². The van der Waals surface area contributed by atoms with Crippen molar-refractivity contribution in [3.63, 3.8) is 0 Å². The van der Waals surface area contributed by atoms with Crippen LogP contribution < -0.4 is 20.5 Å². The van der Waals surface area contributed by atoms with Gasteiger partial charge in [0.2, 0.25) is 11.8 Å². The Morgan fingerprint density at radius 1 is 0.853 bits per heavy atom. The molecule has 0 aliphatic rings. The number of methoxy groups -OCH3 is 2. The fourth-order valence-electron chi connectivity index (χ4n) is 3.08. The van der Waals surface area contributed by atoms with Crippen molar-refractivity contribution >= 4 is 35.3 Å². The zero-order valence-electron chi connectivity index (χ0n) is 20.0. The summed E-state index contributed by atoms with van der Waals surface area (Å²) in [5, 5.41) is 2.98. The predicted octanol–water partition coefficient (Wildman–Crippen LogP) is 3.16. The molecule has 7 nitrogen and oxygen atoms in total. The molecule has 0 aliphatic carbocycles. The Kier molecular flexibility index (Phi) is 13.4. The van der Waals surface area contributed by atoms with Crippen LogP contribution in [-0.2, 0) is 21.1 Å². The Morgan fingerprint density at radius 3 is 1.88 bits per heavy atom. The Hall–Kier alpha value is -2.36. The lowest BCUT2D eigenvalue weighted by Gasteiger charge is -2.21. The van der Waals surface area contributed by atoms with Crippen LogP contribution in [0.25, 0.3) is 0 Å². The van der Waals surface area contributed by atoms with E-state index in [1.165, 1.54) is 11.1 Å². The Balaban J connectivity index is 1.65. The molecule has 0 heterocycles. The van der Waals surface area contributed by atoms with Crippen LogP contribution in [0.5, 0.6) is 11.5 Å². The number of amides is 2. The van der Waals surface area contributed by atoms with Crippen molar-refractivity contribution in [3.05, 3.63) is 59.7 Å². The maximum atomic E-state index is 12.4. The van der Waals surface area contributed by atoms with Gasteiger partial charge < -0.3 is 20.5 Å². The van der Waals surface area contributed by atoms with Gasteiger partial charge in [-0.1, -0.05) is 24.3 Å². The molecule has 0 atom stereocenters. The third-order valence-electron chi connectivity index (χ3n) is 5.02. The van der Waals surface area contributed by atoms with E-state index in [9.17, 15) is 9.59 Å². The van der Waals surface area contributed by atoms with Crippen molar-refractivity contribution < 1.29 is 19.1 Å². The summed E-state index contributed by atoms with van der Waals surface area (Å²) >= 11 is 3.56. The van der Waals surface area contributed by atoms with Crippen molar-refractivity contribution in [2.24, 2.45) is 5.73 Å². The fraction of sp³-hybridized carbons (Fsp3) is 0.440. The van der Waals surface area contributed by atoms with E-state index in [1.807, 2.05) is 41.3 Å². The summed E-state index contributed by atoms with van der Waals surface area (Å²) in [7, 11) is 3.31. The number of nitrogens with zero attached hydrogens (tertiary/aromatic N) is 1. The van der Waals surface area contributed by atoms with E-state index in [0.717, 1.165) is 34.5 Å². The highest BCUT2D eigenvalue weighted by Crippen LogP contribution is 2.17. The third-order valence-corrected chi connectivity index (χ3v) is 7.06. The Labute approximate surface area is 211 Å². The van der Waals surface area contributed by atoms with E-state index in [-0.39, 0.29) is 24.8 Å². The minimum Gasteiger partial charge on any atom is -0.497 e. The molecule has 2 aromatic carbocycles. The van der Waals surface area contributed by atoms with Gasteiger partial charge in [-0.15, -0.1) is 0 Å². The number of hydrogen-bond donors (Lipinski definition) is 2. The van der Waals surface area contributed by atoms with Gasteiger partial charge in [0.05, 0.1) is 20.8 Å². The average molecular weight is 506 g/mol. The topological polar surface area (TPSA) is 93.9 Å². The number of carbonyl (C=O) groups is 2. The molecule has 0 unspecified atom stereocenters. The predicted molar refractivity (Wildman–Crippen MR) is 142 cm³/mol. The third kappa shape index (κ3) is 11.7. The van der Waals surface area contributed by atoms with Crippen molar-refractivity contribution in [3.8, 4) is 11.5 Å². The van der Waals surface area contributed by atoms with Crippen molar-refractivity contribution in [1.82, 2.24) is 10.2 Å². The van der Waals surface area contributed by atoms with E-state index in [1.54, 1.807) is 37.7 Å². The number of ether oxygens (including phenoxy) is 2. The lowest BCUT2D eigenvalue weighted by molar-refractivity contribution is -0.123. The Bertz CT molecular complexity index is 863. The maximum absolute atomic E-state index is 12.4. The summed E-state index contributed by atoms with van der Waals surface area (Å²) in [5.41, 5.74) is 7.76. The van der Waals surface area contributed by atoms with Gasteiger partial charge in [-0.25, -0.2) is 0 Å². The largest absolute Gasteiger partial charge is 0.497 e. The molecule has 0 spiro atoms. The van der Waals surface area contributed by atoms with Crippen molar-refractivity contribution in [2.75, 3.05) is 51.9 Å². The molecule has 0 aliphatic heterocycles. The van der Waals surface area contributed by atoms with Gasteiger partial charge in [-0.3, -0.25) is 14.5 Å². The van der Waals surface area contributed by atoms with Gasteiger partial charge in [-0.05, 0) is 35.4 Å². The molecule has 0 fully saturated rings. The molecule has 9 heteroatoms. The SMILES string of the molecule is COc1ccc(CSCCNC(=O)CN(CCSCc2ccc(OC)cc2)CCC(N)=O)cc1. The lowest BCUT2D eigenvalue weighted by Crippen LogP contribution is -2.40. The summed E-state index contributed by atoms with van der Waals surface area (Å²) in [5.74, 6) is 4.76. The first-order valence-electron chi connectivity index (χ1n) is 11.2. The van der Waals surface area contributed by atoms with Gasteiger partial charge in [0.1, 0.15) is 11.5 Å². The van der Waals surface area contributed by atoms with E-state index in [2.05, 4.69) is 17.4 Å². The molecule has 2 amide bonds. The molecule has 0 aromatic heterocycles. The normalized spacial score (nSPS) is 10.8. The van der Waals surface area contributed by atoms with E-state index < -0.39 is 0 Å². The van der Waals surface area contributed by atoms with Crippen LogP contribution in [0.4, 0.5) is 0 Å². The van der Waals surface area contributed by atoms with Gasteiger partial charge >= 0.3 is 0 Å². The van der Waals surface area contributed by atoms with Crippen LogP contribution in [0.1, 0.15) is 17.5 Å². The number of nitrogens with one attached hydrogen (secondary N) is 1.